The van der Waals surface area contributed by atoms with Crippen molar-refractivity contribution >= 4 is 11.9 Å². The minimum absolute atomic E-state index is 0.144. The van der Waals surface area contributed by atoms with Gasteiger partial charge >= 0.3 is 5.97 Å². The number of aliphatic carboxylic acids is 1. The summed E-state index contributed by atoms with van der Waals surface area (Å²) in [5.41, 5.74) is 0. The van der Waals surface area contributed by atoms with E-state index in [4.69, 9.17) is 9.84 Å². The normalized spacial score (nSPS) is 23.6. The Morgan fingerprint density at radius 1 is 1.53 bits per heavy atom. The van der Waals surface area contributed by atoms with Gasteiger partial charge < -0.3 is 20.1 Å². The van der Waals surface area contributed by atoms with Crippen molar-refractivity contribution in [3.63, 3.8) is 0 Å². The molecule has 6 heteroatoms. The van der Waals surface area contributed by atoms with E-state index >= 15 is 0 Å². The largest absolute Gasteiger partial charge is 0.480 e. The van der Waals surface area contributed by atoms with Crippen LogP contribution in [0.2, 0.25) is 0 Å². The molecule has 0 aromatic rings. The quantitative estimate of drug-likeness (QED) is 0.661. The second kappa shape index (κ2) is 6.56. The van der Waals surface area contributed by atoms with Crippen molar-refractivity contribution in [3.05, 3.63) is 0 Å². The highest BCUT2D eigenvalue weighted by Gasteiger charge is 2.33. The molecule has 0 saturated carbocycles. The molecule has 6 nitrogen and oxygen atoms in total. The van der Waals surface area contributed by atoms with Crippen molar-refractivity contribution in [2.45, 2.75) is 19.4 Å². The number of methoxy groups -OCH3 is 1. The molecule has 1 aliphatic rings. The summed E-state index contributed by atoms with van der Waals surface area (Å²) in [5.74, 6) is -0.893. The van der Waals surface area contributed by atoms with Crippen LogP contribution in [-0.4, -0.2) is 61.3 Å². The zero-order valence-electron chi connectivity index (χ0n) is 10.3. The summed E-state index contributed by atoms with van der Waals surface area (Å²) in [5, 5.41) is 11.9. The predicted octanol–water partition coefficient (Wildman–Crippen LogP) is -0.456. The van der Waals surface area contributed by atoms with Crippen molar-refractivity contribution in [1.82, 2.24) is 10.2 Å². The van der Waals surface area contributed by atoms with E-state index in [2.05, 4.69) is 5.32 Å². The number of carboxylic acids is 1. The second-order valence-corrected chi connectivity index (χ2v) is 4.34. The lowest BCUT2D eigenvalue weighted by Gasteiger charge is -2.25. The van der Waals surface area contributed by atoms with Gasteiger partial charge in [0.2, 0.25) is 5.91 Å². The second-order valence-electron chi connectivity index (χ2n) is 4.34. The Balaban J connectivity index is 2.60. The lowest BCUT2D eigenvalue weighted by molar-refractivity contribution is -0.146. The average Bonchev–Trinajstić information content (AvgIpc) is 2.69. The van der Waals surface area contributed by atoms with Crippen molar-refractivity contribution in [2.24, 2.45) is 5.92 Å². The molecule has 2 N–H and O–H groups in total. The number of nitrogens with zero attached hydrogens (tertiary/aromatic N) is 1. The van der Waals surface area contributed by atoms with E-state index in [9.17, 15) is 9.59 Å². The van der Waals surface area contributed by atoms with Crippen LogP contribution >= 0.6 is 0 Å². The molecule has 0 radical (unpaired) electrons. The van der Waals surface area contributed by atoms with E-state index in [1.807, 2.05) is 6.92 Å². The van der Waals surface area contributed by atoms with Gasteiger partial charge in [-0.2, -0.15) is 0 Å². The summed E-state index contributed by atoms with van der Waals surface area (Å²) < 4.78 is 4.89. The van der Waals surface area contributed by atoms with Crippen LogP contribution in [0.15, 0.2) is 0 Å². The SMILES string of the molecule is COCCN(CC(=O)O)C(=O)C1NCCC1C. The van der Waals surface area contributed by atoms with Crippen molar-refractivity contribution in [3.8, 4) is 0 Å². The zero-order valence-corrected chi connectivity index (χ0v) is 10.3. The van der Waals surface area contributed by atoms with Gasteiger partial charge in [-0.1, -0.05) is 6.92 Å². The summed E-state index contributed by atoms with van der Waals surface area (Å²) >= 11 is 0. The molecule has 0 aromatic heterocycles. The van der Waals surface area contributed by atoms with E-state index in [-0.39, 0.29) is 24.4 Å². The monoisotopic (exact) mass is 244 g/mol. The molecular formula is C11H20N2O4. The van der Waals surface area contributed by atoms with Crippen LogP contribution in [0.5, 0.6) is 0 Å². The number of carbonyl (C=O) groups excluding carboxylic acids is 1. The molecule has 1 amide bonds. The molecule has 1 heterocycles. The number of nitrogens with one attached hydrogen (secondary N) is 1. The van der Waals surface area contributed by atoms with Crippen LogP contribution < -0.4 is 5.32 Å². The van der Waals surface area contributed by atoms with Gasteiger partial charge in [0.15, 0.2) is 0 Å². The van der Waals surface area contributed by atoms with Crippen LogP contribution in [0.1, 0.15) is 13.3 Å². The molecule has 0 aliphatic carbocycles. The summed E-state index contributed by atoms with van der Waals surface area (Å²) in [7, 11) is 1.53. The summed E-state index contributed by atoms with van der Waals surface area (Å²) in [6.45, 7) is 3.19. The fourth-order valence-electron chi connectivity index (χ4n) is 1.99. The number of hydrogen-bond acceptors (Lipinski definition) is 4. The van der Waals surface area contributed by atoms with Gasteiger partial charge in [-0.05, 0) is 18.9 Å². The van der Waals surface area contributed by atoms with Crippen LogP contribution in [0.25, 0.3) is 0 Å². The van der Waals surface area contributed by atoms with E-state index in [0.29, 0.717) is 13.2 Å². The molecule has 1 aliphatic heterocycles. The lowest BCUT2D eigenvalue weighted by Crippen LogP contribution is -2.48. The van der Waals surface area contributed by atoms with E-state index < -0.39 is 5.97 Å². The number of carbonyl (C=O) groups is 2. The first-order chi connectivity index (χ1) is 8.06. The highest BCUT2D eigenvalue weighted by molar-refractivity contribution is 5.85. The zero-order chi connectivity index (χ0) is 12.8. The molecular weight excluding hydrogens is 224 g/mol. The van der Waals surface area contributed by atoms with Crippen molar-refractivity contribution in [1.29, 1.82) is 0 Å². The van der Waals surface area contributed by atoms with Crippen LogP contribution in [0.3, 0.4) is 0 Å². The third-order valence-corrected chi connectivity index (χ3v) is 3.00. The molecule has 2 unspecified atom stereocenters. The van der Waals surface area contributed by atoms with Gasteiger partial charge in [-0.15, -0.1) is 0 Å². The third-order valence-electron chi connectivity index (χ3n) is 3.00. The molecule has 17 heavy (non-hydrogen) atoms. The highest BCUT2D eigenvalue weighted by Crippen LogP contribution is 2.16. The number of hydrogen-bond donors (Lipinski definition) is 2. The molecule has 0 bridgehead atoms. The topological polar surface area (TPSA) is 78.9 Å². The molecule has 1 fully saturated rings. The lowest BCUT2D eigenvalue weighted by atomic mass is 10.0. The maximum Gasteiger partial charge on any atom is 0.323 e. The Bertz CT molecular complexity index is 283. The van der Waals surface area contributed by atoms with Crippen molar-refractivity contribution in [2.75, 3.05) is 33.4 Å². The molecule has 2 atom stereocenters. The fraction of sp³-hybridized carbons (Fsp3) is 0.818. The number of ether oxygens (including phenoxy) is 1. The maximum atomic E-state index is 12.1. The van der Waals surface area contributed by atoms with Crippen LogP contribution in [0, 0.1) is 5.92 Å². The minimum Gasteiger partial charge on any atom is -0.480 e. The summed E-state index contributed by atoms with van der Waals surface area (Å²) in [6.07, 6.45) is 0.946. The van der Waals surface area contributed by atoms with Crippen molar-refractivity contribution < 1.29 is 19.4 Å². The molecule has 1 rings (SSSR count). The Hall–Kier alpha value is -1.14. The smallest absolute Gasteiger partial charge is 0.323 e. The molecule has 98 valence electrons. The first-order valence-electron chi connectivity index (χ1n) is 5.79. The van der Waals surface area contributed by atoms with E-state index in [1.54, 1.807) is 0 Å². The Morgan fingerprint density at radius 2 is 2.24 bits per heavy atom. The third kappa shape index (κ3) is 3.98. The van der Waals surface area contributed by atoms with Crippen LogP contribution in [-0.2, 0) is 14.3 Å². The first kappa shape index (κ1) is 13.9. The average molecular weight is 244 g/mol. The van der Waals surface area contributed by atoms with Gasteiger partial charge in [0.05, 0.1) is 12.6 Å². The Kier molecular flexibility index (Phi) is 5.37. The molecule has 1 saturated heterocycles. The summed E-state index contributed by atoms with van der Waals surface area (Å²) in [6, 6.07) is -0.258. The number of rotatable bonds is 6. The molecule has 0 spiro atoms. The van der Waals surface area contributed by atoms with Gasteiger partial charge in [-0.25, -0.2) is 0 Å². The fourth-order valence-corrected chi connectivity index (χ4v) is 1.99. The van der Waals surface area contributed by atoms with Gasteiger partial charge in [0.25, 0.3) is 0 Å². The van der Waals surface area contributed by atoms with E-state index in [0.717, 1.165) is 13.0 Å². The van der Waals surface area contributed by atoms with Crippen LogP contribution in [0.4, 0.5) is 0 Å². The van der Waals surface area contributed by atoms with Gasteiger partial charge in [-0.3, -0.25) is 9.59 Å². The van der Waals surface area contributed by atoms with Gasteiger partial charge in [0.1, 0.15) is 6.54 Å². The standard InChI is InChI=1S/C11H20N2O4/c1-8-3-4-12-10(8)11(16)13(5-6-17-2)7-9(14)15/h8,10,12H,3-7H2,1-2H3,(H,14,15). The maximum absolute atomic E-state index is 12.1. The van der Waals surface area contributed by atoms with E-state index in [1.165, 1.54) is 12.0 Å². The highest BCUT2D eigenvalue weighted by atomic mass is 16.5. The minimum atomic E-state index is -1.000. The number of carboxylic acid groups (broad SMARTS) is 1. The predicted molar refractivity (Wildman–Crippen MR) is 61.7 cm³/mol. The molecule has 0 aromatic carbocycles. The Labute approximate surface area is 101 Å². The number of amides is 1. The van der Waals surface area contributed by atoms with Gasteiger partial charge in [0, 0.05) is 13.7 Å². The first-order valence-corrected chi connectivity index (χ1v) is 5.79. The summed E-state index contributed by atoms with van der Waals surface area (Å²) in [4.78, 5) is 24.2. The Morgan fingerprint density at radius 3 is 2.71 bits per heavy atom.